The number of thioether (sulfide) groups is 1. The van der Waals surface area contributed by atoms with E-state index < -0.39 is 0 Å². The van der Waals surface area contributed by atoms with Gasteiger partial charge in [-0.3, -0.25) is 0 Å². The van der Waals surface area contributed by atoms with E-state index in [1.807, 2.05) is 0 Å². The van der Waals surface area contributed by atoms with E-state index in [-0.39, 0.29) is 4.75 Å². The number of likely N-dealkylation sites (tertiary alicyclic amines) is 1. The van der Waals surface area contributed by atoms with Crippen molar-refractivity contribution in [2.24, 2.45) is 16.8 Å². The second-order valence-electron chi connectivity index (χ2n) is 6.15. The topological polar surface area (TPSA) is 61.9 Å². The van der Waals surface area contributed by atoms with Gasteiger partial charge in [-0.1, -0.05) is 24.9 Å². The predicted octanol–water partition coefficient (Wildman–Crippen LogP) is 2.51. The molecule has 1 aliphatic carbocycles. The average molecular weight is 285 g/mol. The zero-order chi connectivity index (χ0) is 13.9. The van der Waals surface area contributed by atoms with Crippen LogP contribution in [0.1, 0.15) is 45.4 Å². The van der Waals surface area contributed by atoms with Crippen LogP contribution in [0.25, 0.3) is 0 Å². The highest BCUT2D eigenvalue weighted by Gasteiger charge is 2.40. The van der Waals surface area contributed by atoms with Crippen molar-refractivity contribution in [3.05, 3.63) is 0 Å². The van der Waals surface area contributed by atoms with Gasteiger partial charge in [-0.15, -0.1) is 0 Å². The second-order valence-corrected chi connectivity index (χ2v) is 7.33. The molecule has 1 saturated carbocycles. The Balaban J connectivity index is 1.94. The van der Waals surface area contributed by atoms with Crippen LogP contribution >= 0.6 is 11.8 Å². The Morgan fingerprint density at radius 2 is 2.05 bits per heavy atom. The molecule has 19 heavy (non-hydrogen) atoms. The molecule has 2 aliphatic rings. The molecule has 1 saturated heterocycles. The molecule has 0 bridgehead atoms. The number of hydrogen-bond donors (Lipinski definition) is 2. The van der Waals surface area contributed by atoms with E-state index in [0.29, 0.717) is 5.84 Å². The minimum Gasteiger partial charge on any atom is -0.409 e. The number of oxime groups is 1. The Morgan fingerprint density at radius 3 is 2.58 bits per heavy atom. The summed E-state index contributed by atoms with van der Waals surface area (Å²) in [4.78, 5) is 2.63. The molecule has 0 spiro atoms. The Morgan fingerprint density at radius 1 is 1.37 bits per heavy atom. The molecule has 2 atom stereocenters. The van der Waals surface area contributed by atoms with Crippen molar-refractivity contribution in [3.8, 4) is 0 Å². The highest BCUT2D eigenvalue weighted by Crippen LogP contribution is 2.37. The fourth-order valence-electron chi connectivity index (χ4n) is 3.64. The molecule has 2 unspecified atom stereocenters. The fraction of sp³-hybridized carbons (Fsp3) is 0.929. The Hall–Kier alpha value is -0.420. The lowest BCUT2D eigenvalue weighted by Gasteiger charge is -2.44. The summed E-state index contributed by atoms with van der Waals surface area (Å²) in [5.41, 5.74) is 5.90. The number of amidine groups is 1. The van der Waals surface area contributed by atoms with Crippen molar-refractivity contribution in [2.45, 2.75) is 56.2 Å². The van der Waals surface area contributed by atoms with Gasteiger partial charge < -0.3 is 15.8 Å². The molecule has 2 rings (SSSR count). The molecule has 0 amide bonds. The Kier molecular flexibility index (Phi) is 5.01. The third-order valence-electron chi connectivity index (χ3n) is 5.00. The van der Waals surface area contributed by atoms with Crippen LogP contribution in [0.3, 0.4) is 0 Å². The molecule has 1 heterocycles. The van der Waals surface area contributed by atoms with Gasteiger partial charge in [0.2, 0.25) is 0 Å². The molecule has 1 aliphatic heterocycles. The molecule has 0 aromatic rings. The number of nitrogens with zero attached hydrogens (tertiary/aromatic N) is 2. The van der Waals surface area contributed by atoms with E-state index in [2.05, 4.69) is 23.2 Å². The zero-order valence-electron chi connectivity index (χ0n) is 12.1. The van der Waals surface area contributed by atoms with E-state index >= 15 is 0 Å². The van der Waals surface area contributed by atoms with Crippen molar-refractivity contribution in [1.29, 1.82) is 0 Å². The number of rotatable bonds is 3. The van der Waals surface area contributed by atoms with E-state index in [4.69, 9.17) is 10.9 Å². The van der Waals surface area contributed by atoms with E-state index in [1.165, 1.54) is 25.7 Å². The van der Waals surface area contributed by atoms with Crippen molar-refractivity contribution in [2.75, 3.05) is 19.3 Å². The summed E-state index contributed by atoms with van der Waals surface area (Å²) < 4.78 is -0.147. The van der Waals surface area contributed by atoms with Crippen LogP contribution in [0.5, 0.6) is 0 Å². The first-order chi connectivity index (χ1) is 9.11. The Labute approximate surface area is 120 Å². The number of piperidine rings is 1. The summed E-state index contributed by atoms with van der Waals surface area (Å²) in [6.07, 6.45) is 9.51. The van der Waals surface area contributed by atoms with Crippen LogP contribution in [0.2, 0.25) is 0 Å². The van der Waals surface area contributed by atoms with Gasteiger partial charge in [0, 0.05) is 19.1 Å². The van der Waals surface area contributed by atoms with Gasteiger partial charge in [-0.25, -0.2) is 0 Å². The highest BCUT2D eigenvalue weighted by atomic mass is 32.2. The van der Waals surface area contributed by atoms with Crippen molar-refractivity contribution >= 4 is 17.6 Å². The van der Waals surface area contributed by atoms with Crippen LogP contribution in [-0.4, -0.2) is 46.1 Å². The molecule has 3 N–H and O–H groups in total. The van der Waals surface area contributed by atoms with Crippen LogP contribution in [0.4, 0.5) is 0 Å². The molecule has 5 heteroatoms. The Bertz CT molecular complexity index is 327. The SMILES string of the molecule is CSC1(C(N)=NO)CCN(C2CCCC(C)C2)CC1. The van der Waals surface area contributed by atoms with Crippen molar-refractivity contribution < 1.29 is 5.21 Å². The van der Waals surface area contributed by atoms with Crippen LogP contribution < -0.4 is 5.73 Å². The van der Waals surface area contributed by atoms with Gasteiger partial charge in [-0.2, -0.15) is 11.8 Å². The molecule has 2 fully saturated rings. The van der Waals surface area contributed by atoms with Gasteiger partial charge in [0.25, 0.3) is 0 Å². The lowest BCUT2D eigenvalue weighted by atomic mass is 9.84. The van der Waals surface area contributed by atoms with Crippen molar-refractivity contribution in [1.82, 2.24) is 4.90 Å². The van der Waals surface area contributed by atoms with Gasteiger partial charge >= 0.3 is 0 Å². The summed E-state index contributed by atoms with van der Waals surface area (Å²) >= 11 is 1.73. The lowest BCUT2D eigenvalue weighted by Crippen LogP contribution is -2.53. The van der Waals surface area contributed by atoms with Crippen LogP contribution in [0.15, 0.2) is 5.16 Å². The zero-order valence-corrected chi connectivity index (χ0v) is 13.0. The lowest BCUT2D eigenvalue weighted by molar-refractivity contribution is 0.108. The third-order valence-corrected chi connectivity index (χ3v) is 6.39. The smallest absolute Gasteiger partial charge is 0.155 e. The first kappa shape index (κ1) is 15.0. The summed E-state index contributed by atoms with van der Waals surface area (Å²) in [5, 5.41) is 12.2. The normalized spacial score (nSPS) is 33.3. The second kappa shape index (κ2) is 6.35. The minimum absolute atomic E-state index is 0.147. The quantitative estimate of drug-likeness (QED) is 0.362. The monoisotopic (exact) mass is 285 g/mol. The molecular formula is C14H27N3OS. The number of nitrogens with two attached hydrogens (primary N) is 1. The summed E-state index contributed by atoms with van der Waals surface area (Å²) in [6, 6.07) is 0.760. The predicted molar refractivity (Wildman–Crippen MR) is 81.9 cm³/mol. The van der Waals surface area contributed by atoms with Gasteiger partial charge in [-0.05, 0) is 37.9 Å². The molecule has 0 radical (unpaired) electrons. The van der Waals surface area contributed by atoms with Crippen LogP contribution in [-0.2, 0) is 0 Å². The maximum Gasteiger partial charge on any atom is 0.155 e. The molecule has 110 valence electrons. The van der Waals surface area contributed by atoms with Gasteiger partial charge in [0.15, 0.2) is 5.84 Å². The van der Waals surface area contributed by atoms with Crippen molar-refractivity contribution in [3.63, 3.8) is 0 Å². The van der Waals surface area contributed by atoms with E-state index in [0.717, 1.165) is 37.9 Å². The van der Waals surface area contributed by atoms with Crippen LogP contribution in [0, 0.1) is 5.92 Å². The minimum atomic E-state index is -0.147. The molecular weight excluding hydrogens is 258 g/mol. The maximum absolute atomic E-state index is 8.97. The molecule has 0 aromatic carbocycles. The first-order valence-corrected chi connectivity index (χ1v) is 8.61. The average Bonchev–Trinajstić information content (AvgIpc) is 2.46. The maximum atomic E-state index is 8.97. The van der Waals surface area contributed by atoms with Gasteiger partial charge in [0.1, 0.15) is 0 Å². The summed E-state index contributed by atoms with van der Waals surface area (Å²) in [6.45, 7) is 4.53. The van der Waals surface area contributed by atoms with Gasteiger partial charge in [0.05, 0.1) is 4.75 Å². The standard InChI is InChI=1S/C14H27N3OS/c1-11-4-3-5-12(10-11)17-8-6-14(19-2,7-9-17)13(15)16-18/h11-12,18H,3-10H2,1-2H3,(H2,15,16). The number of hydrogen-bond acceptors (Lipinski definition) is 4. The largest absolute Gasteiger partial charge is 0.409 e. The molecule has 0 aromatic heterocycles. The fourth-order valence-corrected chi connectivity index (χ4v) is 4.48. The first-order valence-electron chi connectivity index (χ1n) is 7.38. The molecule has 4 nitrogen and oxygen atoms in total. The summed E-state index contributed by atoms with van der Waals surface area (Å²) in [7, 11) is 0. The summed E-state index contributed by atoms with van der Waals surface area (Å²) in [5.74, 6) is 1.27. The highest BCUT2D eigenvalue weighted by molar-refractivity contribution is 8.00. The van der Waals surface area contributed by atoms with E-state index in [9.17, 15) is 0 Å². The third kappa shape index (κ3) is 3.19. The van der Waals surface area contributed by atoms with E-state index in [1.54, 1.807) is 11.8 Å².